The molecular formula is C8H14N+. The molecule has 1 heteroatoms. The molecule has 1 aliphatic heterocycles. The van der Waals surface area contributed by atoms with Gasteiger partial charge in [-0.1, -0.05) is 6.92 Å². The summed E-state index contributed by atoms with van der Waals surface area (Å²) >= 11 is 0. The smallest absolute Gasteiger partial charge is 0.153 e. The fraction of sp³-hybridized carbons (Fsp3) is 0.875. The minimum Gasteiger partial charge on any atom is -0.239 e. The van der Waals surface area contributed by atoms with Gasteiger partial charge < -0.3 is 0 Å². The Hall–Kier alpha value is -0.330. The van der Waals surface area contributed by atoms with E-state index in [2.05, 4.69) is 24.8 Å². The molecule has 0 spiro atoms. The molecule has 0 aromatic carbocycles. The van der Waals surface area contributed by atoms with Gasteiger partial charge in [-0.15, -0.1) is 0 Å². The van der Waals surface area contributed by atoms with Crippen molar-refractivity contribution in [1.29, 1.82) is 0 Å². The molecule has 2 unspecified atom stereocenters. The van der Waals surface area contributed by atoms with Crippen molar-refractivity contribution in [2.75, 3.05) is 7.05 Å². The molecular weight excluding hydrogens is 110 g/mol. The zero-order valence-electron chi connectivity index (χ0n) is 6.17. The van der Waals surface area contributed by atoms with E-state index >= 15 is 0 Å². The van der Waals surface area contributed by atoms with Crippen molar-refractivity contribution in [3.8, 4) is 0 Å². The Morgan fingerprint density at radius 3 is 2.56 bits per heavy atom. The summed E-state index contributed by atoms with van der Waals surface area (Å²) in [5.41, 5.74) is 0. The number of fused-ring (bicyclic) bond motifs is 2. The Morgan fingerprint density at radius 1 is 1.44 bits per heavy atom. The Balaban J connectivity index is 2.25. The standard InChI is InChI=1S/C8H14N/c1-6-3-8-4-7(6)5-9(8)2/h5-8H,3-4H2,1-2H3/q+1/t6-,7?,8?/m0/s1. The minimum absolute atomic E-state index is 0.894. The van der Waals surface area contributed by atoms with Crippen LogP contribution in [0.5, 0.6) is 0 Å². The fourth-order valence-electron chi connectivity index (χ4n) is 2.21. The first-order valence-electron chi connectivity index (χ1n) is 3.84. The summed E-state index contributed by atoms with van der Waals surface area (Å²) in [6.07, 6.45) is 5.26. The van der Waals surface area contributed by atoms with Crippen LogP contribution in [0.4, 0.5) is 0 Å². The Kier molecular flexibility index (Phi) is 0.961. The molecule has 50 valence electrons. The SMILES string of the molecule is C[C@H]1CC2CC1C=[N+]2C. The van der Waals surface area contributed by atoms with Crippen LogP contribution in [-0.2, 0) is 0 Å². The molecule has 2 rings (SSSR count). The third-order valence-electron chi connectivity index (χ3n) is 2.92. The maximum Gasteiger partial charge on any atom is 0.153 e. The lowest BCUT2D eigenvalue weighted by Crippen LogP contribution is -2.21. The molecule has 1 nitrogen and oxygen atoms in total. The van der Waals surface area contributed by atoms with Crippen LogP contribution >= 0.6 is 0 Å². The number of hydrogen-bond donors (Lipinski definition) is 0. The van der Waals surface area contributed by atoms with Gasteiger partial charge in [-0.3, -0.25) is 0 Å². The second-order valence-electron chi connectivity index (χ2n) is 3.58. The lowest BCUT2D eigenvalue weighted by Gasteiger charge is -2.09. The van der Waals surface area contributed by atoms with Gasteiger partial charge in [-0.25, -0.2) is 4.58 Å². The van der Waals surface area contributed by atoms with Crippen LogP contribution in [0.1, 0.15) is 19.8 Å². The number of rotatable bonds is 0. The maximum absolute atomic E-state index is 2.40. The van der Waals surface area contributed by atoms with E-state index in [0.717, 1.165) is 17.9 Å². The third-order valence-corrected chi connectivity index (χ3v) is 2.92. The summed E-state index contributed by atoms with van der Waals surface area (Å²) in [6, 6.07) is 0.894. The molecule has 0 N–H and O–H groups in total. The molecule has 0 saturated heterocycles. The monoisotopic (exact) mass is 124 g/mol. The van der Waals surface area contributed by atoms with E-state index in [1.807, 2.05) is 0 Å². The van der Waals surface area contributed by atoms with E-state index in [-0.39, 0.29) is 0 Å². The van der Waals surface area contributed by atoms with Crippen molar-refractivity contribution in [3.63, 3.8) is 0 Å². The van der Waals surface area contributed by atoms with Crippen molar-refractivity contribution in [1.82, 2.24) is 0 Å². The zero-order valence-corrected chi connectivity index (χ0v) is 6.17. The highest BCUT2D eigenvalue weighted by atomic mass is 15.0. The second kappa shape index (κ2) is 1.59. The topological polar surface area (TPSA) is 3.01 Å². The van der Waals surface area contributed by atoms with Crippen LogP contribution in [-0.4, -0.2) is 23.9 Å². The Morgan fingerprint density at radius 2 is 2.22 bits per heavy atom. The first kappa shape index (κ1) is 5.45. The van der Waals surface area contributed by atoms with Crippen molar-refractivity contribution in [2.45, 2.75) is 25.8 Å². The molecule has 1 saturated carbocycles. The maximum atomic E-state index is 2.40. The van der Waals surface area contributed by atoms with Gasteiger partial charge in [-0.05, 0) is 5.92 Å². The third kappa shape index (κ3) is 0.637. The van der Waals surface area contributed by atoms with Crippen molar-refractivity contribution in [2.24, 2.45) is 11.8 Å². The molecule has 3 atom stereocenters. The molecule has 0 aromatic heterocycles. The van der Waals surface area contributed by atoms with E-state index in [9.17, 15) is 0 Å². The average molecular weight is 124 g/mol. The van der Waals surface area contributed by atoms with Crippen LogP contribution in [0.15, 0.2) is 0 Å². The van der Waals surface area contributed by atoms with Crippen LogP contribution in [0.3, 0.4) is 0 Å². The van der Waals surface area contributed by atoms with E-state index < -0.39 is 0 Å². The second-order valence-corrected chi connectivity index (χ2v) is 3.58. The molecule has 1 heterocycles. The van der Waals surface area contributed by atoms with E-state index in [1.165, 1.54) is 12.8 Å². The summed E-state index contributed by atoms with van der Waals surface area (Å²) in [7, 11) is 2.20. The first-order chi connectivity index (χ1) is 4.27. The van der Waals surface area contributed by atoms with Crippen molar-refractivity contribution < 1.29 is 4.58 Å². The fourth-order valence-corrected chi connectivity index (χ4v) is 2.21. The Bertz CT molecular complexity index is 160. The van der Waals surface area contributed by atoms with Gasteiger partial charge in [0.15, 0.2) is 6.04 Å². The van der Waals surface area contributed by atoms with Crippen LogP contribution in [0.25, 0.3) is 0 Å². The molecule has 0 aromatic rings. The highest BCUT2D eigenvalue weighted by Gasteiger charge is 2.42. The molecule has 0 amide bonds. The predicted octanol–water partition coefficient (Wildman–Crippen LogP) is 1.13. The van der Waals surface area contributed by atoms with Gasteiger partial charge in [-0.2, -0.15) is 0 Å². The van der Waals surface area contributed by atoms with E-state index in [4.69, 9.17) is 0 Å². The largest absolute Gasteiger partial charge is 0.239 e. The molecule has 9 heavy (non-hydrogen) atoms. The van der Waals surface area contributed by atoms with Gasteiger partial charge in [0.05, 0.1) is 0 Å². The molecule has 2 bridgehead atoms. The molecule has 2 aliphatic rings. The zero-order chi connectivity index (χ0) is 6.43. The predicted molar refractivity (Wildman–Crippen MR) is 37.9 cm³/mol. The average Bonchev–Trinajstić information content (AvgIpc) is 2.24. The highest BCUT2D eigenvalue weighted by molar-refractivity contribution is 5.58. The normalized spacial score (nSPS) is 47.8. The van der Waals surface area contributed by atoms with E-state index in [0.29, 0.717) is 0 Å². The van der Waals surface area contributed by atoms with Gasteiger partial charge in [0, 0.05) is 18.8 Å². The van der Waals surface area contributed by atoms with Crippen LogP contribution in [0.2, 0.25) is 0 Å². The van der Waals surface area contributed by atoms with Gasteiger partial charge in [0.1, 0.15) is 13.3 Å². The van der Waals surface area contributed by atoms with Gasteiger partial charge in [0.25, 0.3) is 0 Å². The summed E-state index contributed by atoms with van der Waals surface area (Å²) in [6.45, 7) is 2.37. The lowest BCUT2D eigenvalue weighted by atomic mass is 9.99. The van der Waals surface area contributed by atoms with Gasteiger partial charge >= 0.3 is 0 Å². The summed E-state index contributed by atoms with van der Waals surface area (Å²) in [5.74, 6) is 1.88. The van der Waals surface area contributed by atoms with E-state index in [1.54, 1.807) is 0 Å². The quantitative estimate of drug-likeness (QED) is 0.426. The van der Waals surface area contributed by atoms with Crippen molar-refractivity contribution >= 4 is 6.21 Å². The summed E-state index contributed by atoms with van der Waals surface area (Å²) in [5, 5.41) is 0. The molecule has 0 radical (unpaired) electrons. The van der Waals surface area contributed by atoms with Crippen LogP contribution in [0, 0.1) is 11.8 Å². The summed E-state index contributed by atoms with van der Waals surface area (Å²) in [4.78, 5) is 0. The minimum atomic E-state index is 0.894. The van der Waals surface area contributed by atoms with Crippen LogP contribution < -0.4 is 0 Å². The lowest BCUT2D eigenvalue weighted by molar-refractivity contribution is -0.527. The highest BCUT2D eigenvalue weighted by Crippen LogP contribution is 2.35. The van der Waals surface area contributed by atoms with Gasteiger partial charge in [0.2, 0.25) is 0 Å². The number of hydrogen-bond acceptors (Lipinski definition) is 0. The molecule has 1 aliphatic carbocycles. The summed E-state index contributed by atoms with van der Waals surface area (Å²) < 4.78 is 2.39. The van der Waals surface area contributed by atoms with Crippen molar-refractivity contribution in [3.05, 3.63) is 0 Å². The Labute approximate surface area is 56.4 Å². The number of nitrogens with zero attached hydrogens (tertiary/aromatic N) is 1. The first-order valence-corrected chi connectivity index (χ1v) is 3.84. The molecule has 1 fully saturated rings.